The second-order valence-corrected chi connectivity index (χ2v) is 4.86. The van der Waals surface area contributed by atoms with E-state index in [1.54, 1.807) is 0 Å². The van der Waals surface area contributed by atoms with Gasteiger partial charge in [-0.25, -0.2) is 9.18 Å². The highest BCUT2D eigenvalue weighted by Gasteiger charge is 2.23. The molecule has 0 saturated heterocycles. The van der Waals surface area contributed by atoms with Crippen molar-refractivity contribution in [2.45, 2.75) is 13.5 Å². The minimum atomic E-state index is -1.23. The van der Waals surface area contributed by atoms with Crippen LogP contribution in [-0.4, -0.2) is 11.1 Å². The number of carboxylic acid groups (broad SMARTS) is 1. The Balaban J connectivity index is 1.99. The summed E-state index contributed by atoms with van der Waals surface area (Å²) < 4.78 is 25.3. The first-order valence-corrected chi connectivity index (χ1v) is 6.69. The van der Waals surface area contributed by atoms with Crippen molar-refractivity contribution in [3.63, 3.8) is 0 Å². The van der Waals surface area contributed by atoms with E-state index in [2.05, 4.69) is 0 Å². The molecule has 0 saturated carbocycles. The zero-order chi connectivity index (χ0) is 15.7. The van der Waals surface area contributed by atoms with Crippen LogP contribution in [-0.2, 0) is 6.61 Å². The van der Waals surface area contributed by atoms with Gasteiger partial charge in [0.15, 0.2) is 11.6 Å². The number of aromatic carboxylic acids is 1. The molecular formula is C17H13FO4. The maximum atomic E-state index is 14.6. The lowest BCUT2D eigenvalue weighted by atomic mass is 10.1. The van der Waals surface area contributed by atoms with Gasteiger partial charge in [-0.1, -0.05) is 30.3 Å². The van der Waals surface area contributed by atoms with E-state index < -0.39 is 11.8 Å². The van der Waals surface area contributed by atoms with Gasteiger partial charge in [0.2, 0.25) is 0 Å². The van der Waals surface area contributed by atoms with Crippen molar-refractivity contribution in [2.24, 2.45) is 0 Å². The van der Waals surface area contributed by atoms with Crippen molar-refractivity contribution < 1.29 is 23.4 Å². The Hall–Kier alpha value is -2.82. The molecule has 2 aromatic carbocycles. The maximum Gasteiger partial charge on any atom is 0.340 e. The molecule has 3 rings (SSSR count). The number of carboxylic acids is 1. The van der Waals surface area contributed by atoms with Gasteiger partial charge in [0.1, 0.15) is 23.5 Å². The Morgan fingerprint density at radius 3 is 2.64 bits per heavy atom. The number of ether oxygens (including phenoxy) is 1. The minimum absolute atomic E-state index is 0.000321. The summed E-state index contributed by atoms with van der Waals surface area (Å²) in [6, 6.07) is 12.3. The number of aryl methyl sites for hydroxylation is 1. The quantitative estimate of drug-likeness (QED) is 0.786. The second-order valence-electron chi connectivity index (χ2n) is 4.86. The number of furan rings is 1. The Bertz CT molecular complexity index is 837. The van der Waals surface area contributed by atoms with Crippen LogP contribution >= 0.6 is 0 Å². The van der Waals surface area contributed by atoms with E-state index in [1.807, 2.05) is 30.3 Å². The van der Waals surface area contributed by atoms with Crippen LogP contribution in [0, 0.1) is 12.7 Å². The van der Waals surface area contributed by atoms with Gasteiger partial charge in [-0.2, -0.15) is 0 Å². The number of benzene rings is 2. The van der Waals surface area contributed by atoms with Gasteiger partial charge in [0, 0.05) is 0 Å². The standard InChI is InChI=1S/C17H13FO4/c1-10-14(17(19)20)15-12(22-10)7-8-13(16(15)18)21-9-11-5-3-2-4-6-11/h2-8H,9H2,1H3,(H,19,20). The van der Waals surface area contributed by atoms with Crippen LogP contribution in [0.25, 0.3) is 11.0 Å². The number of fused-ring (bicyclic) bond motifs is 1. The second kappa shape index (κ2) is 5.52. The van der Waals surface area contributed by atoms with Crippen molar-refractivity contribution in [1.82, 2.24) is 0 Å². The Kier molecular flexibility index (Phi) is 3.55. The van der Waals surface area contributed by atoms with E-state index >= 15 is 0 Å². The molecule has 112 valence electrons. The largest absolute Gasteiger partial charge is 0.486 e. The smallest absolute Gasteiger partial charge is 0.340 e. The number of hydrogen-bond acceptors (Lipinski definition) is 3. The fraction of sp³-hybridized carbons (Fsp3) is 0.118. The number of rotatable bonds is 4. The van der Waals surface area contributed by atoms with Gasteiger partial charge in [-0.15, -0.1) is 0 Å². The van der Waals surface area contributed by atoms with Crippen LogP contribution in [0.5, 0.6) is 5.75 Å². The van der Waals surface area contributed by atoms with Crippen molar-refractivity contribution in [3.8, 4) is 5.75 Å². The normalized spacial score (nSPS) is 10.8. The molecule has 1 N–H and O–H groups in total. The van der Waals surface area contributed by atoms with E-state index in [4.69, 9.17) is 9.15 Å². The summed E-state index contributed by atoms with van der Waals surface area (Å²) in [5.41, 5.74) is 0.918. The van der Waals surface area contributed by atoms with E-state index in [0.29, 0.717) is 0 Å². The highest BCUT2D eigenvalue weighted by Crippen LogP contribution is 2.33. The van der Waals surface area contributed by atoms with Crippen molar-refractivity contribution in [1.29, 1.82) is 0 Å². The molecule has 0 spiro atoms. The summed E-state index contributed by atoms with van der Waals surface area (Å²) >= 11 is 0. The van der Waals surface area contributed by atoms with Gasteiger partial charge < -0.3 is 14.3 Å². The molecule has 0 atom stereocenters. The van der Waals surface area contributed by atoms with Gasteiger partial charge in [0.25, 0.3) is 0 Å². The van der Waals surface area contributed by atoms with Crippen LogP contribution in [0.2, 0.25) is 0 Å². The lowest BCUT2D eigenvalue weighted by molar-refractivity contribution is 0.0696. The fourth-order valence-corrected chi connectivity index (χ4v) is 2.35. The van der Waals surface area contributed by atoms with Crippen LogP contribution in [0.15, 0.2) is 46.9 Å². The summed E-state index contributed by atoms with van der Waals surface area (Å²) in [6.45, 7) is 1.69. The molecule has 0 aliphatic heterocycles. The molecule has 0 unspecified atom stereocenters. The van der Waals surface area contributed by atoms with Gasteiger partial charge >= 0.3 is 5.97 Å². The first kappa shape index (κ1) is 14.1. The van der Waals surface area contributed by atoms with E-state index in [9.17, 15) is 14.3 Å². The highest BCUT2D eigenvalue weighted by molar-refractivity contribution is 6.04. The van der Waals surface area contributed by atoms with E-state index in [-0.39, 0.29) is 34.6 Å². The minimum Gasteiger partial charge on any atom is -0.486 e. The third kappa shape index (κ3) is 2.41. The topological polar surface area (TPSA) is 59.7 Å². The van der Waals surface area contributed by atoms with Gasteiger partial charge in [0.05, 0.1) is 5.39 Å². The van der Waals surface area contributed by atoms with Crippen LogP contribution in [0.3, 0.4) is 0 Å². The molecule has 5 heteroatoms. The van der Waals surface area contributed by atoms with Crippen molar-refractivity contribution >= 4 is 16.9 Å². The SMILES string of the molecule is Cc1oc2ccc(OCc3ccccc3)c(F)c2c1C(=O)O. The number of halogens is 1. The average molecular weight is 300 g/mol. The van der Waals surface area contributed by atoms with E-state index in [0.717, 1.165) is 5.56 Å². The molecule has 1 aromatic heterocycles. The van der Waals surface area contributed by atoms with Crippen LogP contribution in [0.1, 0.15) is 21.7 Å². The highest BCUT2D eigenvalue weighted by atomic mass is 19.1. The first-order valence-electron chi connectivity index (χ1n) is 6.69. The molecule has 22 heavy (non-hydrogen) atoms. The monoisotopic (exact) mass is 300 g/mol. The molecule has 0 bridgehead atoms. The van der Waals surface area contributed by atoms with E-state index in [1.165, 1.54) is 19.1 Å². The molecule has 1 heterocycles. The Labute approximate surface area is 125 Å². The lowest BCUT2D eigenvalue weighted by Crippen LogP contribution is -2.00. The van der Waals surface area contributed by atoms with Gasteiger partial charge in [-0.05, 0) is 24.6 Å². The Morgan fingerprint density at radius 2 is 1.95 bits per heavy atom. The summed E-state index contributed by atoms with van der Waals surface area (Å²) in [7, 11) is 0. The third-order valence-electron chi connectivity index (χ3n) is 3.38. The molecule has 4 nitrogen and oxygen atoms in total. The molecule has 0 amide bonds. The van der Waals surface area contributed by atoms with Crippen molar-refractivity contribution in [3.05, 3.63) is 65.2 Å². The summed E-state index contributed by atoms with van der Waals surface area (Å²) in [5, 5.41) is 9.15. The predicted molar refractivity (Wildman–Crippen MR) is 78.6 cm³/mol. The van der Waals surface area contributed by atoms with Crippen molar-refractivity contribution in [2.75, 3.05) is 0 Å². The predicted octanol–water partition coefficient (Wildman–Crippen LogP) is 4.16. The third-order valence-corrected chi connectivity index (χ3v) is 3.38. The summed E-state index contributed by atoms with van der Waals surface area (Å²) in [4.78, 5) is 11.3. The Morgan fingerprint density at radius 1 is 1.23 bits per heavy atom. The molecule has 3 aromatic rings. The average Bonchev–Trinajstić information content (AvgIpc) is 2.85. The van der Waals surface area contributed by atoms with Crippen LogP contribution < -0.4 is 4.74 Å². The molecule has 0 radical (unpaired) electrons. The number of carbonyl (C=O) groups is 1. The zero-order valence-electron chi connectivity index (χ0n) is 11.8. The maximum absolute atomic E-state index is 14.6. The van der Waals surface area contributed by atoms with Crippen LogP contribution in [0.4, 0.5) is 4.39 Å². The molecular weight excluding hydrogens is 287 g/mol. The van der Waals surface area contributed by atoms with Gasteiger partial charge in [-0.3, -0.25) is 0 Å². The molecule has 0 aliphatic carbocycles. The molecule has 0 fully saturated rings. The number of hydrogen-bond donors (Lipinski definition) is 1. The molecule has 0 aliphatic rings. The summed E-state index contributed by atoms with van der Waals surface area (Å²) in [6.07, 6.45) is 0. The summed E-state index contributed by atoms with van der Waals surface area (Å²) in [5.74, 6) is -1.78. The first-order chi connectivity index (χ1) is 10.6. The lowest BCUT2D eigenvalue weighted by Gasteiger charge is -2.08. The zero-order valence-corrected chi connectivity index (χ0v) is 11.8. The fourth-order valence-electron chi connectivity index (χ4n) is 2.35.